The molecule has 1 aromatic heterocycles. The van der Waals surface area contributed by atoms with E-state index in [4.69, 9.17) is 5.26 Å². The number of carbonyl (C=O) groups excluding carboxylic acids is 1. The van der Waals surface area contributed by atoms with Crippen molar-refractivity contribution < 1.29 is 18.0 Å². The summed E-state index contributed by atoms with van der Waals surface area (Å²) in [5, 5.41) is 15.2. The van der Waals surface area contributed by atoms with Gasteiger partial charge in [-0.25, -0.2) is 0 Å². The number of halogens is 3. The molecule has 0 amide bonds. The fourth-order valence-corrected chi connectivity index (χ4v) is 1.26. The van der Waals surface area contributed by atoms with Crippen molar-refractivity contribution in [3.05, 3.63) is 23.8 Å². The second kappa shape index (κ2) is 3.55. The lowest BCUT2D eigenvalue weighted by molar-refractivity contribution is -0.0953. The molecule has 0 saturated heterocycles. The predicted molar refractivity (Wildman–Crippen MR) is 48.9 cm³/mol. The minimum atomic E-state index is -5.04. The fourth-order valence-electron chi connectivity index (χ4n) is 1.26. The Balaban J connectivity index is 2.64. The second-order valence-corrected chi connectivity index (χ2v) is 3.12. The van der Waals surface area contributed by atoms with E-state index in [1.165, 1.54) is 12.1 Å². The minimum Gasteiger partial charge on any atom is -0.262 e. The van der Waals surface area contributed by atoms with E-state index >= 15 is 0 Å². The number of aromatic nitrogens is 3. The van der Waals surface area contributed by atoms with Crippen molar-refractivity contribution in [1.29, 1.82) is 5.26 Å². The van der Waals surface area contributed by atoms with Gasteiger partial charge in [0.15, 0.2) is 0 Å². The van der Waals surface area contributed by atoms with E-state index in [0.717, 1.165) is 6.07 Å². The maximum absolute atomic E-state index is 12.2. The molecule has 2 aromatic rings. The highest BCUT2D eigenvalue weighted by molar-refractivity contribution is 5.92. The number of fused-ring (bicyclic) bond motifs is 1. The molecule has 0 spiro atoms. The Morgan fingerprint density at radius 1 is 1.41 bits per heavy atom. The molecule has 2 rings (SSSR count). The molecule has 0 atom stereocenters. The van der Waals surface area contributed by atoms with E-state index in [1.807, 2.05) is 0 Å². The normalized spacial score (nSPS) is 11.4. The molecule has 0 aliphatic heterocycles. The summed E-state index contributed by atoms with van der Waals surface area (Å²) in [5.41, 5.74) is 0.0870. The number of alkyl halides is 3. The lowest BCUT2D eigenvalue weighted by Crippen LogP contribution is -2.29. The van der Waals surface area contributed by atoms with Crippen LogP contribution in [0.3, 0.4) is 0 Å². The van der Waals surface area contributed by atoms with Gasteiger partial charge in [0.2, 0.25) is 0 Å². The number of rotatable bonds is 0. The molecule has 0 radical (unpaired) electrons. The lowest BCUT2D eigenvalue weighted by Gasteiger charge is -2.04. The Hall–Kier alpha value is -2.43. The van der Waals surface area contributed by atoms with Gasteiger partial charge in [0.1, 0.15) is 5.52 Å². The van der Waals surface area contributed by atoms with E-state index in [9.17, 15) is 18.0 Å². The molecule has 86 valence electrons. The van der Waals surface area contributed by atoms with E-state index < -0.39 is 12.1 Å². The number of carbonyl (C=O) groups is 1. The third-order valence-corrected chi connectivity index (χ3v) is 2.01. The molecule has 1 heterocycles. The summed E-state index contributed by atoms with van der Waals surface area (Å²) >= 11 is 0. The van der Waals surface area contributed by atoms with Gasteiger partial charge in [-0.3, -0.25) is 4.79 Å². The van der Waals surface area contributed by atoms with Gasteiger partial charge in [0.05, 0.1) is 17.1 Å². The van der Waals surface area contributed by atoms with Gasteiger partial charge in [-0.15, -0.1) is 5.10 Å². The van der Waals surface area contributed by atoms with E-state index in [2.05, 4.69) is 10.3 Å². The third kappa shape index (κ3) is 1.82. The first-order valence-corrected chi connectivity index (χ1v) is 4.30. The Morgan fingerprint density at radius 2 is 2.12 bits per heavy atom. The van der Waals surface area contributed by atoms with Gasteiger partial charge in [0, 0.05) is 0 Å². The van der Waals surface area contributed by atoms with Gasteiger partial charge in [-0.1, -0.05) is 5.21 Å². The molecular formula is C9H3F3N4O. The Bertz CT molecular complexity index is 638. The number of hydrogen-bond donors (Lipinski definition) is 0. The standard InChI is InChI=1S/C9H3F3N4O/c10-9(11,12)8(17)16-7-3-5(4-13)1-2-6(7)14-15-16/h1-3H. The highest BCUT2D eigenvalue weighted by atomic mass is 19.4. The van der Waals surface area contributed by atoms with E-state index in [0.29, 0.717) is 0 Å². The Morgan fingerprint density at radius 3 is 2.71 bits per heavy atom. The van der Waals surface area contributed by atoms with Crippen LogP contribution in [0.2, 0.25) is 0 Å². The molecule has 0 aliphatic rings. The van der Waals surface area contributed by atoms with Gasteiger partial charge in [-0.05, 0) is 18.2 Å². The summed E-state index contributed by atoms with van der Waals surface area (Å²) in [6, 6.07) is 5.57. The molecule has 8 heteroatoms. The van der Waals surface area contributed by atoms with Crippen molar-refractivity contribution in [3.63, 3.8) is 0 Å². The quantitative estimate of drug-likeness (QED) is 0.699. The molecule has 0 saturated carbocycles. The summed E-state index contributed by atoms with van der Waals surface area (Å²) in [6.07, 6.45) is -5.04. The van der Waals surface area contributed by atoms with Crippen LogP contribution in [0.4, 0.5) is 13.2 Å². The summed E-state index contributed by atoms with van der Waals surface area (Å²) < 4.78 is 36.8. The number of benzene rings is 1. The first-order chi connectivity index (χ1) is 7.93. The van der Waals surface area contributed by atoms with E-state index in [1.54, 1.807) is 6.07 Å². The molecule has 1 aromatic carbocycles. The Kier molecular flexibility index (Phi) is 2.31. The van der Waals surface area contributed by atoms with Crippen LogP contribution in [-0.2, 0) is 0 Å². The zero-order chi connectivity index (χ0) is 12.6. The zero-order valence-electron chi connectivity index (χ0n) is 8.06. The molecule has 0 bridgehead atoms. The number of hydrogen-bond acceptors (Lipinski definition) is 4. The fraction of sp³-hybridized carbons (Fsp3) is 0.111. The van der Waals surface area contributed by atoms with Crippen molar-refractivity contribution in [2.45, 2.75) is 6.18 Å². The molecule has 17 heavy (non-hydrogen) atoms. The van der Waals surface area contributed by atoms with Crippen LogP contribution < -0.4 is 0 Å². The SMILES string of the molecule is N#Cc1ccc2nnn(C(=O)C(F)(F)F)c2c1. The molecular weight excluding hydrogens is 237 g/mol. The van der Waals surface area contributed by atoms with Gasteiger partial charge in [0.25, 0.3) is 0 Å². The summed E-state index contributed by atoms with van der Waals surface area (Å²) in [6.45, 7) is 0. The molecule has 0 fully saturated rings. The molecule has 5 nitrogen and oxygen atoms in total. The van der Waals surface area contributed by atoms with E-state index in [-0.39, 0.29) is 21.3 Å². The van der Waals surface area contributed by atoms with Crippen LogP contribution in [0.5, 0.6) is 0 Å². The van der Waals surface area contributed by atoms with Crippen LogP contribution in [-0.4, -0.2) is 27.1 Å². The monoisotopic (exact) mass is 240 g/mol. The summed E-state index contributed by atoms with van der Waals surface area (Å²) in [4.78, 5) is 11.0. The lowest BCUT2D eigenvalue weighted by atomic mass is 10.2. The average Bonchev–Trinajstić information content (AvgIpc) is 2.69. The highest BCUT2D eigenvalue weighted by Gasteiger charge is 2.41. The van der Waals surface area contributed by atoms with Crippen LogP contribution in [0.1, 0.15) is 10.4 Å². The van der Waals surface area contributed by atoms with Crippen LogP contribution in [0.15, 0.2) is 18.2 Å². The second-order valence-electron chi connectivity index (χ2n) is 3.12. The van der Waals surface area contributed by atoms with Crippen LogP contribution in [0, 0.1) is 11.3 Å². The first-order valence-electron chi connectivity index (χ1n) is 4.30. The zero-order valence-corrected chi connectivity index (χ0v) is 8.06. The van der Waals surface area contributed by atoms with Crippen LogP contribution in [0.25, 0.3) is 11.0 Å². The van der Waals surface area contributed by atoms with Crippen molar-refractivity contribution in [2.75, 3.05) is 0 Å². The van der Waals surface area contributed by atoms with Crippen molar-refractivity contribution in [2.24, 2.45) is 0 Å². The number of nitriles is 1. The highest BCUT2D eigenvalue weighted by Crippen LogP contribution is 2.20. The molecule has 0 aliphatic carbocycles. The Labute approximate surface area is 92.1 Å². The van der Waals surface area contributed by atoms with Gasteiger partial charge < -0.3 is 0 Å². The average molecular weight is 240 g/mol. The maximum atomic E-state index is 12.2. The predicted octanol–water partition coefficient (Wildman–Crippen LogP) is 1.51. The van der Waals surface area contributed by atoms with Crippen LogP contribution >= 0.6 is 0 Å². The van der Waals surface area contributed by atoms with Gasteiger partial charge in [-0.2, -0.15) is 23.1 Å². The topological polar surface area (TPSA) is 71.6 Å². The third-order valence-electron chi connectivity index (χ3n) is 2.01. The summed E-state index contributed by atoms with van der Waals surface area (Å²) in [5.74, 6) is -2.14. The smallest absolute Gasteiger partial charge is 0.262 e. The minimum absolute atomic E-state index is 0.113. The van der Waals surface area contributed by atoms with Crippen molar-refractivity contribution in [3.8, 4) is 6.07 Å². The largest absolute Gasteiger partial charge is 0.473 e. The van der Waals surface area contributed by atoms with Gasteiger partial charge >= 0.3 is 12.1 Å². The van der Waals surface area contributed by atoms with Crippen molar-refractivity contribution in [1.82, 2.24) is 15.0 Å². The number of nitrogens with zero attached hydrogens (tertiary/aromatic N) is 4. The maximum Gasteiger partial charge on any atom is 0.473 e. The van der Waals surface area contributed by atoms with Crippen molar-refractivity contribution >= 4 is 16.9 Å². The molecule has 0 N–H and O–H groups in total. The molecule has 0 unspecified atom stereocenters. The first kappa shape index (κ1) is 11.1. The summed E-state index contributed by atoms with van der Waals surface area (Å²) in [7, 11) is 0.